The maximum atomic E-state index is 10.7. The maximum absolute atomic E-state index is 10.7. The molecule has 0 aliphatic heterocycles. The van der Waals surface area contributed by atoms with E-state index in [0.29, 0.717) is 0 Å². The fourth-order valence-electron chi connectivity index (χ4n) is 0.897. The summed E-state index contributed by atoms with van der Waals surface area (Å²) in [5.41, 5.74) is 0.528. The molecular weight excluding hydrogens is 348 g/mol. The summed E-state index contributed by atoms with van der Waals surface area (Å²) in [6, 6.07) is 5.25. The van der Waals surface area contributed by atoms with Gasteiger partial charge in [-0.2, -0.15) is 12.1 Å². The van der Waals surface area contributed by atoms with E-state index in [1.807, 2.05) is 13.8 Å². The number of phenolic OH excluding ortho intramolecular Hbond substituents is 1. The molecule has 0 heterocycles. The first kappa shape index (κ1) is 22.8. The molecule has 1 aromatic carbocycles. The summed E-state index contributed by atoms with van der Waals surface area (Å²) in [6.45, 7) is 5.32. The molecule has 2 radical (unpaired) electrons. The molecule has 0 saturated carbocycles. The molecule has 96 valence electrons. The SMILES string of the molecule is CC.CC(=O)Nc1c[c-]c(N[C-]=O)cc1O.[V].[Y]. The van der Waals surface area contributed by atoms with Crippen molar-refractivity contribution in [2.24, 2.45) is 0 Å². The number of amides is 2. The molecule has 1 rings (SSSR count). The Morgan fingerprint density at radius 3 is 2.39 bits per heavy atom. The summed E-state index contributed by atoms with van der Waals surface area (Å²) in [6.07, 6.45) is 1.44. The minimum absolute atomic E-state index is 0. The molecule has 2 amide bonds. The second kappa shape index (κ2) is 13.1. The fourth-order valence-corrected chi connectivity index (χ4v) is 0.897. The number of hydrogen-bond acceptors (Lipinski definition) is 3. The van der Waals surface area contributed by atoms with Gasteiger partial charge in [0.15, 0.2) is 0 Å². The van der Waals surface area contributed by atoms with E-state index in [-0.39, 0.29) is 74.3 Å². The van der Waals surface area contributed by atoms with Crippen LogP contribution >= 0.6 is 0 Å². The van der Waals surface area contributed by atoms with Gasteiger partial charge >= 0.3 is 0 Å². The molecule has 0 unspecified atom stereocenters. The molecule has 0 bridgehead atoms. The maximum Gasteiger partial charge on any atom is 0.210 e. The van der Waals surface area contributed by atoms with Gasteiger partial charge in [-0.15, -0.1) is 0 Å². The molecule has 18 heavy (non-hydrogen) atoms. The van der Waals surface area contributed by atoms with Gasteiger partial charge in [0.05, 0.1) is 6.41 Å². The Hall–Kier alpha value is -0.352. The van der Waals surface area contributed by atoms with Crippen molar-refractivity contribution in [3.05, 3.63) is 18.2 Å². The first-order valence-electron chi connectivity index (χ1n) is 4.79. The van der Waals surface area contributed by atoms with Gasteiger partial charge in [0.25, 0.3) is 0 Å². The molecule has 0 fully saturated rings. The Bertz CT molecular complexity index is 375. The topological polar surface area (TPSA) is 78.4 Å². The number of rotatable bonds is 3. The van der Waals surface area contributed by atoms with Crippen molar-refractivity contribution >= 4 is 23.7 Å². The van der Waals surface area contributed by atoms with Crippen LogP contribution in [0.3, 0.4) is 0 Å². The van der Waals surface area contributed by atoms with Crippen LogP contribution in [0.5, 0.6) is 5.75 Å². The predicted octanol–water partition coefficient (Wildman–Crippen LogP) is 1.65. The average Bonchev–Trinajstić information content (AvgIpc) is 2.25. The number of anilines is 2. The summed E-state index contributed by atoms with van der Waals surface area (Å²) < 4.78 is 0. The van der Waals surface area contributed by atoms with Crippen molar-refractivity contribution in [3.63, 3.8) is 0 Å². The second-order valence-corrected chi connectivity index (χ2v) is 2.55. The van der Waals surface area contributed by atoms with Gasteiger partial charge in [-0.05, 0) is 5.69 Å². The van der Waals surface area contributed by atoms with Crippen LogP contribution in [0.15, 0.2) is 12.1 Å². The summed E-state index contributed by atoms with van der Waals surface area (Å²) in [5.74, 6) is -0.437. The van der Waals surface area contributed by atoms with Gasteiger partial charge < -0.3 is 20.5 Å². The predicted molar refractivity (Wildman–Crippen MR) is 61.9 cm³/mol. The molecule has 0 atom stereocenters. The fraction of sp³-hybridized carbons (Fsp3) is 0.273. The van der Waals surface area contributed by atoms with Crippen LogP contribution in [-0.2, 0) is 60.9 Å². The zero-order valence-electron chi connectivity index (χ0n) is 10.4. The van der Waals surface area contributed by atoms with Gasteiger partial charge in [0.2, 0.25) is 5.91 Å². The average molecular weight is 362 g/mol. The van der Waals surface area contributed by atoms with E-state index in [0.717, 1.165) is 0 Å². The molecule has 1 aromatic rings. The Kier molecular flexibility index (Phi) is 16.6. The van der Waals surface area contributed by atoms with Crippen LogP contribution in [0.1, 0.15) is 20.8 Å². The van der Waals surface area contributed by atoms with Crippen LogP contribution in [0.4, 0.5) is 11.4 Å². The van der Waals surface area contributed by atoms with Crippen molar-refractivity contribution < 1.29 is 66.0 Å². The summed E-state index contributed by atoms with van der Waals surface area (Å²) in [7, 11) is 0. The van der Waals surface area contributed by atoms with Crippen LogP contribution in [0, 0.1) is 6.07 Å². The van der Waals surface area contributed by atoms with E-state index < -0.39 is 0 Å². The first-order chi connectivity index (χ1) is 7.63. The zero-order chi connectivity index (χ0) is 12.6. The molecule has 3 N–H and O–H groups in total. The number of nitrogens with one attached hydrogen (secondary N) is 2. The van der Waals surface area contributed by atoms with E-state index in [1.54, 1.807) is 0 Å². The Morgan fingerprint density at radius 1 is 1.44 bits per heavy atom. The Labute approximate surface area is 144 Å². The number of benzene rings is 1. The van der Waals surface area contributed by atoms with Crippen molar-refractivity contribution in [3.8, 4) is 5.75 Å². The molecule has 0 saturated heterocycles. The molecule has 7 heteroatoms. The Balaban J connectivity index is -0.000000534. The molecule has 5 nitrogen and oxygen atoms in total. The molecule has 0 aliphatic rings. The summed E-state index contributed by atoms with van der Waals surface area (Å²) >= 11 is 0. The van der Waals surface area contributed by atoms with Crippen molar-refractivity contribution in [2.45, 2.75) is 20.8 Å². The number of hydrogen-bond donors (Lipinski definition) is 3. The van der Waals surface area contributed by atoms with E-state index in [9.17, 15) is 14.7 Å². The van der Waals surface area contributed by atoms with Gasteiger partial charge in [-0.3, -0.25) is 10.9 Å². The third-order valence-corrected chi connectivity index (χ3v) is 1.43. The third-order valence-electron chi connectivity index (χ3n) is 1.43. The number of aromatic hydroxyl groups is 1. The normalized spacial score (nSPS) is 7.50. The van der Waals surface area contributed by atoms with Gasteiger partial charge in [-0.25, -0.2) is 5.69 Å². The van der Waals surface area contributed by atoms with Crippen molar-refractivity contribution in [1.29, 1.82) is 0 Å². The zero-order valence-corrected chi connectivity index (χ0v) is 14.7. The summed E-state index contributed by atoms with van der Waals surface area (Å²) in [4.78, 5) is 20.6. The van der Waals surface area contributed by atoms with Crippen LogP contribution < -0.4 is 10.6 Å². The molecule has 0 aromatic heterocycles. The quantitative estimate of drug-likeness (QED) is 0.435. The van der Waals surface area contributed by atoms with Gasteiger partial charge in [-0.1, -0.05) is 13.8 Å². The molecule has 0 spiro atoms. The van der Waals surface area contributed by atoms with Gasteiger partial charge in [0, 0.05) is 63.9 Å². The standard InChI is InChI=1S/C9H8N2O3.C2H6.V.Y/c1-6(13)11-8-3-2-7(10-5-12)4-9(8)14;1-2;;/h3-4,14H,1H3,(H,10,12)(H,11,13);1-2H3;;/q-2;;;. The van der Waals surface area contributed by atoms with Crippen LogP contribution in [-0.4, -0.2) is 17.4 Å². The molecular formula is C11H14N2O3VY-2. The van der Waals surface area contributed by atoms with Gasteiger partial charge in [0.1, 0.15) is 0 Å². The van der Waals surface area contributed by atoms with Crippen molar-refractivity contribution in [2.75, 3.05) is 10.6 Å². The van der Waals surface area contributed by atoms with E-state index in [2.05, 4.69) is 16.7 Å². The monoisotopic (exact) mass is 362 g/mol. The smallest absolute Gasteiger partial charge is 0.210 e. The van der Waals surface area contributed by atoms with E-state index in [4.69, 9.17) is 0 Å². The van der Waals surface area contributed by atoms with E-state index in [1.165, 1.54) is 25.5 Å². The Morgan fingerprint density at radius 2 is 2.00 bits per heavy atom. The molecule has 0 aliphatic carbocycles. The number of phenols is 1. The largest absolute Gasteiger partial charge is 0.533 e. The minimum atomic E-state index is -0.295. The van der Waals surface area contributed by atoms with E-state index >= 15 is 0 Å². The number of carbonyl (C=O) groups excluding carboxylic acids is 2. The first-order valence-corrected chi connectivity index (χ1v) is 4.79. The second-order valence-electron chi connectivity index (χ2n) is 2.55. The minimum Gasteiger partial charge on any atom is -0.533 e. The van der Waals surface area contributed by atoms with Crippen LogP contribution in [0.2, 0.25) is 0 Å². The third kappa shape index (κ3) is 8.70. The number of carbonyl (C=O) groups is 1. The van der Waals surface area contributed by atoms with Crippen molar-refractivity contribution in [1.82, 2.24) is 0 Å². The van der Waals surface area contributed by atoms with Crippen LogP contribution in [0.25, 0.3) is 0 Å². The summed E-state index contributed by atoms with van der Waals surface area (Å²) in [5, 5.41) is 14.0.